The zero-order valence-electron chi connectivity index (χ0n) is 21.0. The Balaban J connectivity index is 2.06. The molecule has 1 aliphatic heterocycles. The number of esters is 2. The van der Waals surface area contributed by atoms with Crippen LogP contribution in [0.1, 0.15) is 41.5 Å². The highest BCUT2D eigenvalue weighted by Crippen LogP contribution is 2.40. The first-order valence-corrected chi connectivity index (χ1v) is 13.6. The van der Waals surface area contributed by atoms with Gasteiger partial charge in [-0.15, -0.1) is 0 Å². The van der Waals surface area contributed by atoms with Crippen molar-refractivity contribution in [1.29, 1.82) is 0 Å². The van der Waals surface area contributed by atoms with Gasteiger partial charge in [0.15, 0.2) is 0 Å². The molecule has 1 fully saturated rings. The van der Waals surface area contributed by atoms with Crippen molar-refractivity contribution in [2.45, 2.75) is 58.3 Å². The molecule has 0 aromatic heterocycles. The molecule has 0 amide bonds. The molecule has 7 heteroatoms. The van der Waals surface area contributed by atoms with E-state index < -0.39 is 26.0 Å². The van der Waals surface area contributed by atoms with Gasteiger partial charge in [0.25, 0.3) is 8.32 Å². The van der Waals surface area contributed by atoms with Crippen LogP contribution in [-0.4, -0.2) is 51.8 Å². The van der Waals surface area contributed by atoms with Crippen LogP contribution in [0.5, 0.6) is 0 Å². The molecule has 1 heterocycles. The maximum Gasteiger partial charge on any atom is 0.302 e. The van der Waals surface area contributed by atoms with Gasteiger partial charge < -0.3 is 18.6 Å². The molecule has 1 aliphatic rings. The zero-order valence-corrected chi connectivity index (χ0v) is 22.0. The van der Waals surface area contributed by atoms with Crippen LogP contribution in [-0.2, 0) is 28.2 Å². The van der Waals surface area contributed by atoms with Gasteiger partial charge in [0, 0.05) is 19.8 Å². The van der Waals surface area contributed by atoms with Crippen molar-refractivity contribution in [1.82, 2.24) is 0 Å². The average molecular weight is 485 g/mol. The third-order valence-electron chi connectivity index (χ3n) is 6.71. The van der Waals surface area contributed by atoms with Crippen LogP contribution in [0.3, 0.4) is 0 Å². The van der Waals surface area contributed by atoms with Crippen molar-refractivity contribution < 1.29 is 28.2 Å². The summed E-state index contributed by atoms with van der Waals surface area (Å²) in [6.45, 7) is 11.8. The maximum absolute atomic E-state index is 11.7. The smallest absolute Gasteiger partial charge is 0.302 e. The summed E-state index contributed by atoms with van der Waals surface area (Å²) >= 11 is 0. The van der Waals surface area contributed by atoms with Gasteiger partial charge in [-0.1, -0.05) is 88.4 Å². The largest absolute Gasteiger partial charge is 0.463 e. The highest BCUT2D eigenvalue weighted by Gasteiger charge is 2.55. The SMILES string of the molecule is CC(=O)OC[C@]1(CO[Si](c2ccccc2)(c2ccccc2)C(C)(C)C)OC[C@H](OC(C)=O)[C@@H]1C. The first-order valence-electron chi connectivity index (χ1n) is 11.7. The van der Waals surface area contributed by atoms with E-state index in [9.17, 15) is 9.59 Å². The van der Waals surface area contributed by atoms with Crippen LogP contribution in [0.25, 0.3) is 0 Å². The number of benzene rings is 2. The molecule has 0 saturated carbocycles. The average Bonchev–Trinajstić information content (AvgIpc) is 3.08. The topological polar surface area (TPSA) is 71.1 Å². The lowest BCUT2D eigenvalue weighted by molar-refractivity contribution is -0.156. The van der Waals surface area contributed by atoms with Crippen molar-refractivity contribution in [3.05, 3.63) is 60.7 Å². The van der Waals surface area contributed by atoms with Gasteiger partial charge in [-0.25, -0.2) is 0 Å². The summed E-state index contributed by atoms with van der Waals surface area (Å²) < 4.78 is 24.3. The highest BCUT2D eigenvalue weighted by atomic mass is 28.4. The van der Waals surface area contributed by atoms with Crippen LogP contribution >= 0.6 is 0 Å². The van der Waals surface area contributed by atoms with Crippen molar-refractivity contribution in [3.63, 3.8) is 0 Å². The van der Waals surface area contributed by atoms with E-state index in [0.29, 0.717) is 0 Å². The third kappa shape index (κ3) is 5.27. The van der Waals surface area contributed by atoms with E-state index in [0.717, 1.165) is 10.4 Å². The van der Waals surface area contributed by atoms with Crippen LogP contribution in [0.4, 0.5) is 0 Å². The molecule has 0 spiro atoms. The summed E-state index contributed by atoms with van der Waals surface area (Å²) in [5.74, 6) is -0.984. The third-order valence-corrected chi connectivity index (χ3v) is 11.7. The molecule has 2 aromatic carbocycles. The quantitative estimate of drug-likeness (QED) is 0.422. The van der Waals surface area contributed by atoms with Crippen molar-refractivity contribution >= 4 is 30.6 Å². The van der Waals surface area contributed by atoms with Gasteiger partial charge in [0.1, 0.15) is 18.3 Å². The molecule has 6 nitrogen and oxygen atoms in total. The van der Waals surface area contributed by atoms with Crippen molar-refractivity contribution in [2.24, 2.45) is 5.92 Å². The fourth-order valence-electron chi connectivity index (χ4n) is 4.82. The lowest BCUT2D eigenvalue weighted by Crippen LogP contribution is -2.68. The van der Waals surface area contributed by atoms with Crippen molar-refractivity contribution in [2.75, 3.05) is 19.8 Å². The molecule has 0 bridgehead atoms. The van der Waals surface area contributed by atoms with Gasteiger partial charge >= 0.3 is 11.9 Å². The summed E-state index contributed by atoms with van der Waals surface area (Å²) in [7, 11) is -2.83. The molecule has 0 unspecified atom stereocenters. The second-order valence-corrected chi connectivity index (χ2v) is 14.4. The fourth-order valence-corrected chi connectivity index (χ4v) is 9.43. The Labute approximate surface area is 203 Å². The molecule has 34 heavy (non-hydrogen) atoms. The maximum atomic E-state index is 11.7. The van der Waals surface area contributed by atoms with E-state index in [1.54, 1.807) is 0 Å². The van der Waals surface area contributed by atoms with Crippen LogP contribution in [0, 0.1) is 5.92 Å². The van der Waals surface area contributed by atoms with E-state index >= 15 is 0 Å². The molecule has 3 atom stereocenters. The van der Waals surface area contributed by atoms with E-state index in [1.165, 1.54) is 13.8 Å². The van der Waals surface area contributed by atoms with Gasteiger partial charge in [0.05, 0.1) is 13.2 Å². The Morgan fingerprint density at radius 3 is 1.91 bits per heavy atom. The van der Waals surface area contributed by atoms with Crippen LogP contribution < -0.4 is 10.4 Å². The van der Waals surface area contributed by atoms with Gasteiger partial charge in [-0.2, -0.15) is 0 Å². The van der Waals surface area contributed by atoms with Crippen LogP contribution in [0.2, 0.25) is 5.04 Å². The minimum Gasteiger partial charge on any atom is -0.463 e. The number of carbonyl (C=O) groups is 2. The van der Waals surface area contributed by atoms with E-state index in [1.807, 2.05) is 43.3 Å². The van der Waals surface area contributed by atoms with Gasteiger partial charge in [-0.05, 0) is 15.4 Å². The minimum absolute atomic E-state index is 0.0272. The molecule has 1 saturated heterocycles. The second-order valence-electron chi connectivity index (χ2n) is 10.0. The van der Waals surface area contributed by atoms with Crippen LogP contribution in [0.15, 0.2) is 60.7 Å². The zero-order chi connectivity index (χ0) is 25.0. The number of hydrogen-bond acceptors (Lipinski definition) is 6. The number of carbonyl (C=O) groups excluding carboxylic acids is 2. The minimum atomic E-state index is -2.83. The Bertz CT molecular complexity index is 932. The first kappa shape index (κ1) is 26.1. The summed E-state index contributed by atoms with van der Waals surface area (Å²) in [6.07, 6.45) is -0.434. The van der Waals surface area contributed by atoms with E-state index in [2.05, 4.69) is 45.0 Å². The monoisotopic (exact) mass is 484 g/mol. The number of hydrogen-bond donors (Lipinski definition) is 0. The standard InChI is InChI=1S/C27H36O6Si/c1-20-25(33-22(3)29)17-31-27(20,18-30-21(2)28)19-32-34(26(4,5)6,23-13-9-7-10-14-23)24-15-11-8-12-16-24/h7-16,20,25H,17-19H2,1-6H3/t20-,25-,27+/m0/s1. The normalized spacial score (nSPS) is 22.9. The number of rotatable bonds is 8. The first-order chi connectivity index (χ1) is 16.0. The second kappa shape index (κ2) is 10.4. The highest BCUT2D eigenvalue weighted by molar-refractivity contribution is 6.99. The summed E-state index contributed by atoms with van der Waals surface area (Å²) in [5.41, 5.74) is -0.932. The van der Waals surface area contributed by atoms with Gasteiger partial charge in [-0.3, -0.25) is 9.59 Å². The van der Waals surface area contributed by atoms with Crippen molar-refractivity contribution in [3.8, 4) is 0 Å². The molecule has 0 radical (unpaired) electrons. The Kier molecular flexibility index (Phi) is 8.01. The molecule has 184 valence electrons. The Hall–Kier alpha value is -2.48. The number of ether oxygens (including phenoxy) is 3. The van der Waals surface area contributed by atoms with E-state index in [-0.39, 0.29) is 36.7 Å². The molecule has 3 rings (SSSR count). The Morgan fingerprint density at radius 1 is 0.941 bits per heavy atom. The predicted octanol–water partition coefficient (Wildman–Crippen LogP) is 3.46. The summed E-state index contributed by atoms with van der Waals surface area (Å²) in [6, 6.07) is 20.7. The van der Waals surface area contributed by atoms with Gasteiger partial charge in [0.2, 0.25) is 0 Å². The molecular weight excluding hydrogens is 448 g/mol. The lowest BCUT2D eigenvalue weighted by Gasteiger charge is -2.45. The molecular formula is C27H36O6Si. The molecule has 2 aromatic rings. The fraction of sp³-hybridized carbons (Fsp3) is 0.481. The summed E-state index contributed by atoms with van der Waals surface area (Å²) in [5, 5.41) is 2.09. The Morgan fingerprint density at radius 2 is 1.47 bits per heavy atom. The molecule has 0 aliphatic carbocycles. The predicted molar refractivity (Wildman–Crippen MR) is 134 cm³/mol. The molecule has 0 N–H and O–H groups in total. The lowest BCUT2D eigenvalue weighted by atomic mass is 9.88. The summed E-state index contributed by atoms with van der Waals surface area (Å²) in [4.78, 5) is 23.4. The van der Waals surface area contributed by atoms with E-state index in [4.69, 9.17) is 18.6 Å².